The maximum Gasteiger partial charge on any atom is 0.236 e. The molecule has 150 valence electrons. The van der Waals surface area contributed by atoms with Crippen molar-refractivity contribution in [3.63, 3.8) is 0 Å². The van der Waals surface area contributed by atoms with Crippen LogP contribution in [0, 0.1) is 0 Å². The van der Waals surface area contributed by atoms with E-state index in [1.807, 2.05) is 48.7 Å². The Kier molecular flexibility index (Phi) is 4.72. The van der Waals surface area contributed by atoms with Gasteiger partial charge in [-0.2, -0.15) is 5.10 Å². The van der Waals surface area contributed by atoms with Gasteiger partial charge in [-0.05, 0) is 36.4 Å². The van der Waals surface area contributed by atoms with Crippen molar-refractivity contribution in [1.29, 1.82) is 0 Å². The van der Waals surface area contributed by atoms with Crippen LogP contribution < -0.4 is 10.1 Å². The van der Waals surface area contributed by atoms with E-state index in [1.54, 1.807) is 17.9 Å². The van der Waals surface area contributed by atoms with Gasteiger partial charge in [-0.3, -0.25) is 4.79 Å². The first kappa shape index (κ1) is 18.8. The van der Waals surface area contributed by atoms with Crippen molar-refractivity contribution in [2.75, 3.05) is 12.9 Å². The van der Waals surface area contributed by atoms with Crippen molar-refractivity contribution in [2.24, 2.45) is 4.99 Å². The summed E-state index contributed by atoms with van der Waals surface area (Å²) in [5.41, 5.74) is 3.42. The first-order chi connectivity index (χ1) is 14.6. The second-order valence-electron chi connectivity index (χ2n) is 6.65. The van der Waals surface area contributed by atoms with E-state index in [2.05, 4.69) is 15.3 Å². The second-order valence-corrected chi connectivity index (χ2v) is 8.05. The number of amidine groups is 1. The third-order valence-electron chi connectivity index (χ3n) is 4.71. The Bertz CT molecular complexity index is 1310. The molecule has 5 rings (SSSR count). The molecule has 0 spiro atoms. The van der Waals surface area contributed by atoms with Gasteiger partial charge in [-0.1, -0.05) is 29.4 Å². The van der Waals surface area contributed by atoms with Gasteiger partial charge in [0.25, 0.3) is 0 Å². The fourth-order valence-electron chi connectivity index (χ4n) is 3.31. The highest BCUT2D eigenvalue weighted by Gasteiger charge is 2.20. The summed E-state index contributed by atoms with van der Waals surface area (Å²) < 4.78 is 7.09. The Morgan fingerprint density at radius 1 is 1.23 bits per heavy atom. The van der Waals surface area contributed by atoms with Gasteiger partial charge >= 0.3 is 0 Å². The van der Waals surface area contributed by atoms with Crippen LogP contribution in [0.5, 0.6) is 5.75 Å². The molecule has 1 amide bonds. The van der Waals surface area contributed by atoms with Crippen LogP contribution in [0.25, 0.3) is 27.8 Å². The molecule has 7 nitrogen and oxygen atoms in total. The fraction of sp³-hybridized carbons (Fsp3) is 0.0952. The lowest BCUT2D eigenvalue weighted by Crippen LogP contribution is -2.20. The summed E-state index contributed by atoms with van der Waals surface area (Å²) in [4.78, 5) is 19.5. The Labute approximate surface area is 181 Å². The monoisotopic (exact) mass is 437 g/mol. The quantitative estimate of drug-likeness (QED) is 0.491. The van der Waals surface area contributed by atoms with Crippen LogP contribution in [0.1, 0.15) is 0 Å². The molecule has 0 aliphatic carbocycles. The lowest BCUT2D eigenvalue weighted by Gasteiger charge is -2.05. The standard InChI is InChI=1S/C21H16ClN5O2S/c1-29-14-5-6-17-15(8-14)16(10-23-17)18-9-19(24-21-25-20(28)11-30-21)27(26-18)13-4-2-3-12(22)7-13/h2-10,23H,11H2,1H3,(H,24,25,28). The van der Waals surface area contributed by atoms with Gasteiger partial charge in [0.1, 0.15) is 5.75 Å². The molecule has 2 aromatic heterocycles. The first-order valence-electron chi connectivity index (χ1n) is 9.13. The number of amides is 1. The minimum atomic E-state index is -0.0588. The number of ether oxygens (including phenoxy) is 1. The Morgan fingerprint density at radius 2 is 2.13 bits per heavy atom. The van der Waals surface area contributed by atoms with Crippen molar-refractivity contribution in [3.05, 3.63) is 59.8 Å². The molecule has 9 heteroatoms. The zero-order valence-corrected chi connectivity index (χ0v) is 17.4. The molecule has 0 unspecified atom stereocenters. The number of hydrogen-bond donors (Lipinski definition) is 2. The summed E-state index contributed by atoms with van der Waals surface area (Å²) in [5, 5.41) is 9.71. The van der Waals surface area contributed by atoms with Gasteiger partial charge in [0.15, 0.2) is 11.0 Å². The molecule has 1 saturated heterocycles. The largest absolute Gasteiger partial charge is 0.497 e. The molecular formula is C21H16ClN5O2S. The molecule has 2 aromatic carbocycles. The van der Waals surface area contributed by atoms with Gasteiger partial charge < -0.3 is 15.0 Å². The number of thioether (sulfide) groups is 1. The van der Waals surface area contributed by atoms with E-state index >= 15 is 0 Å². The Balaban J connectivity index is 1.67. The zero-order chi connectivity index (χ0) is 20.7. The Hall–Kier alpha value is -3.23. The van der Waals surface area contributed by atoms with E-state index in [4.69, 9.17) is 21.4 Å². The minimum absolute atomic E-state index is 0.0588. The number of carbonyl (C=O) groups excluding carboxylic acids is 1. The summed E-state index contributed by atoms with van der Waals surface area (Å²) in [6, 6.07) is 15.1. The highest BCUT2D eigenvalue weighted by Crippen LogP contribution is 2.34. The number of H-pyrrole nitrogens is 1. The summed E-state index contributed by atoms with van der Waals surface area (Å²) in [7, 11) is 1.64. The number of rotatable bonds is 4. The van der Waals surface area contributed by atoms with E-state index in [0.717, 1.165) is 33.6 Å². The van der Waals surface area contributed by atoms with E-state index in [9.17, 15) is 4.79 Å². The number of aliphatic imine (C=N–C) groups is 1. The molecule has 30 heavy (non-hydrogen) atoms. The van der Waals surface area contributed by atoms with Crippen molar-refractivity contribution in [3.8, 4) is 22.7 Å². The van der Waals surface area contributed by atoms with Crippen LogP contribution in [-0.4, -0.2) is 38.7 Å². The molecule has 0 radical (unpaired) electrons. The van der Waals surface area contributed by atoms with E-state index in [1.165, 1.54) is 11.8 Å². The average molecular weight is 438 g/mol. The number of fused-ring (bicyclic) bond motifs is 1. The van der Waals surface area contributed by atoms with Crippen molar-refractivity contribution >= 4 is 51.2 Å². The molecule has 0 atom stereocenters. The molecule has 3 heterocycles. The number of carbonyl (C=O) groups is 1. The zero-order valence-electron chi connectivity index (χ0n) is 15.8. The molecule has 1 aliphatic rings. The predicted molar refractivity (Wildman–Crippen MR) is 120 cm³/mol. The molecule has 2 N–H and O–H groups in total. The van der Waals surface area contributed by atoms with Crippen LogP contribution in [-0.2, 0) is 4.79 Å². The summed E-state index contributed by atoms with van der Waals surface area (Å²) in [6.45, 7) is 0. The van der Waals surface area contributed by atoms with Gasteiger partial charge in [0.2, 0.25) is 5.91 Å². The number of aromatic nitrogens is 3. The summed E-state index contributed by atoms with van der Waals surface area (Å²) in [6.07, 6.45) is 1.91. The van der Waals surface area contributed by atoms with Crippen molar-refractivity contribution < 1.29 is 9.53 Å². The number of nitrogens with one attached hydrogen (secondary N) is 2. The van der Waals surface area contributed by atoms with Crippen molar-refractivity contribution in [2.45, 2.75) is 0 Å². The summed E-state index contributed by atoms with van der Waals surface area (Å²) >= 11 is 7.56. The Morgan fingerprint density at radius 3 is 2.90 bits per heavy atom. The van der Waals surface area contributed by atoms with Crippen LogP contribution in [0.15, 0.2) is 59.7 Å². The highest BCUT2D eigenvalue weighted by molar-refractivity contribution is 8.15. The number of nitrogens with zero attached hydrogens (tertiary/aromatic N) is 3. The maximum atomic E-state index is 11.6. The van der Waals surface area contributed by atoms with Crippen LogP contribution in [0.3, 0.4) is 0 Å². The highest BCUT2D eigenvalue weighted by atomic mass is 35.5. The molecular weight excluding hydrogens is 422 g/mol. The minimum Gasteiger partial charge on any atom is -0.497 e. The lowest BCUT2D eigenvalue weighted by molar-refractivity contribution is -0.116. The van der Waals surface area contributed by atoms with Crippen LogP contribution in [0.4, 0.5) is 5.82 Å². The number of benzene rings is 2. The van der Waals surface area contributed by atoms with Gasteiger partial charge in [0, 0.05) is 33.8 Å². The first-order valence-corrected chi connectivity index (χ1v) is 10.5. The topological polar surface area (TPSA) is 84.3 Å². The van der Waals surface area contributed by atoms with Crippen molar-refractivity contribution in [1.82, 2.24) is 20.1 Å². The number of methoxy groups -OCH3 is 1. The lowest BCUT2D eigenvalue weighted by atomic mass is 10.1. The third-order valence-corrected chi connectivity index (χ3v) is 5.82. The smallest absolute Gasteiger partial charge is 0.236 e. The average Bonchev–Trinajstić information content (AvgIpc) is 3.46. The summed E-state index contributed by atoms with van der Waals surface area (Å²) in [5.74, 6) is 1.66. The number of halogens is 1. The van der Waals surface area contributed by atoms with E-state index < -0.39 is 0 Å². The van der Waals surface area contributed by atoms with E-state index in [0.29, 0.717) is 21.8 Å². The molecule has 1 fully saturated rings. The van der Waals surface area contributed by atoms with E-state index in [-0.39, 0.29) is 5.91 Å². The van der Waals surface area contributed by atoms with Crippen LogP contribution >= 0.6 is 23.4 Å². The second kappa shape index (κ2) is 7.55. The van der Waals surface area contributed by atoms with Crippen LogP contribution in [0.2, 0.25) is 5.02 Å². The normalized spacial score (nSPS) is 15.1. The fourth-order valence-corrected chi connectivity index (χ4v) is 4.18. The predicted octanol–water partition coefficient (Wildman–Crippen LogP) is 4.53. The molecule has 4 aromatic rings. The SMILES string of the molecule is COc1ccc2[nH]cc(-c3cc(/N=C4/NC(=O)CS4)n(-c4cccc(Cl)c4)n3)c2c1. The van der Waals surface area contributed by atoms with Gasteiger partial charge in [0.05, 0.1) is 24.2 Å². The third kappa shape index (κ3) is 3.44. The number of aromatic amines is 1. The molecule has 0 bridgehead atoms. The molecule has 1 aliphatic heterocycles. The maximum absolute atomic E-state index is 11.6. The molecule has 0 saturated carbocycles. The van der Waals surface area contributed by atoms with Gasteiger partial charge in [-0.15, -0.1) is 0 Å². The van der Waals surface area contributed by atoms with Gasteiger partial charge in [-0.25, -0.2) is 9.67 Å². The number of hydrogen-bond acceptors (Lipinski definition) is 5.